The topological polar surface area (TPSA) is 88.0 Å². The number of aliphatic carboxylic acids is 1. The average Bonchev–Trinajstić information content (AvgIpc) is 2.93. The summed E-state index contributed by atoms with van der Waals surface area (Å²) in [6.45, 7) is 3.19. The van der Waals surface area contributed by atoms with Crippen LogP contribution in [0.15, 0.2) is 9.95 Å². The molecule has 0 radical (unpaired) electrons. The highest BCUT2D eigenvalue weighted by atomic mass is 32.2. The van der Waals surface area contributed by atoms with Crippen molar-refractivity contribution in [1.29, 1.82) is 0 Å². The smallest absolute Gasteiger partial charge is 0.344 e. The van der Waals surface area contributed by atoms with E-state index < -0.39 is 10.7 Å². The lowest BCUT2D eigenvalue weighted by Crippen LogP contribution is -2.28. The second kappa shape index (κ2) is 3.65. The van der Waals surface area contributed by atoms with Crippen LogP contribution in [0.25, 0.3) is 0 Å². The Balaban J connectivity index is 2.28. The third-order valence-electron chi connectivity index (χ3n) is 2.45. The molecule has 1 heterocycles. The minimum Gasteiger partial charge on any atom is -0.480 e. The molecule has 16 heavy (non-hydrogen) atoms. The van der Waals surface area contributed by atoms with E-state index in [9.17, 15) is 9.59 Å². The number of hydrogen-bond donors (Lipinski definition) is 2. The summed E-state index contributed by atoms with van der Waals surface area (Å²) in [7, 11) is 0. The molecule has 2 N–H and O–H groups in total. The van der Waals surface area contributed by atoms with Crippen LogP contribution in [0.4, 0.5) is 0 Å². The monoisotopic (exact) mass is 243 g/mol. The van der Waals surface area contributed by atoms with Crippen molar-refractivity contribution in [3.8, 4) is 0 Å². The number of nitrogens with zero attached hydrogens (tertiary/aromatic N) is 2. The molecule has 0 aliphatic heterocycles. The fraction of sp³-hybridized carbons (Fsp3) is 0.667. The molecule has 0 amide bonds. The standard InChI is InChI=1S/C9H13N3O3S/c1-9(2,6(13)14)16-8-11-10-7(15)12(8)5-3-4-5/h5H,3-4H2,1-2H3,(H,10,15)(H,13,14). The number of thioether (sulfide) groups is 1. The zero-order valence-electron chi connectivity index (χ0n) is 9.06. The van der Waals surface area contributed by atoms with Gasteiger partial charge in [-0.1, -0.05) is 11.8 Å². The molecule has 2 rings (SSSR count). The highest BCUT2D eigenvalue weighted by molar-refractivity contribution is 8.01. The fourth-order valence-electron chi connectivity index (χ4n) is 1.29. The predicted molar refractivity (Wildman–Crippen MR) is 58.7 cm³/mol. The van der Waals surface area contributed by atoms with Crippen LogP contribution in [-0.4, -0.2) is 30.6 Å². The molecule has 1 aromatic heterocycles. The molecule has 0 saturated heterocycles. The first kappa shape index (κ1) is 11.3. The Morgan fingerprint density at radius 1 is 1.62 bits per heavy atom. The number of hydrogen-bond acceptors (Lipinski definition) is 4. The van der Waals surface area contributed by atoms with Crippen LogP contribution in [0.3, 0.4) is 0 Å². The van der Waals surface area contributed by atoms with E-state index in [1.165, 1.54) is 0 Å². The van der Waals surface area contributed by atoms with E-state index in [0.717, 1.165) is 24.6 Å². The molecule has 1 aliphatic carbocycles. The summed E-state index contributed by atoms with van der Waals surface area (Å²) >= 11 is 1.09. The first-order valence-corrected chi connectivity index (χ1v) is 5.83. The van der Waals surface area contributed by atoms with Gasteiger partial charge in [-0.15, -0.1) is 5.10 Å². The molecule has 0 spiro atoms. The lowest BCUT2D eigenvalue weighted by molar-refractivity contribution is -0.138. The highest BCUT2D eigenvalue weighted by Crippen LogP contribution is 2.38. The van der Waals surface area contributed by atoms with E-state index in [0.29, 0.717) is 5.16 Å². The molecule has 88 valence electrons. The molecule has 0 bridgehead atoms. The average molecular weight is 243 g/mol. The van der Waals surface area contributed by atoms with Crippen molar-refractivity contribution in [2.24, 2.45) is 0 Å². The lowest BCUT2D eigenvalue weighted by atomic mass is 10.2. The van der Waals surface area contributed by atoms with Crippen LogP contribution in [-0.2, 0) is 4.79 Å². The van der Waals surface area contributed by atoms with Crippen LogP contribution < -0.4 is 5.69 Å². The molecule has 1 aliphatic rings. The Morgan fingerprint density at radius 3 is 2.75 bits per heavy atom. The third-order valence-corrected chi connectivity index (χ3v) is 3.60. The van der Waals surface area contributed by atoms with Crippen molar-refractivity contribution in [1.82, 2.24) is 14.8 Å². The van der Waals surface area contributed by atoms with Crippen LogP contribution >= 0.6 is 11.8 Å². The maximum absolute atomic E-state index is 11.5. The van der Waals surface area contributed by atoms with Gasteiger partial charge in [-0.05, 0) is 26.7 Å². The minimum atomic E-state index is -0.988. The van der Waals surface area contributed by atoms with Gasteiger partial charge in [0.2, 0.25) is 0 Å². The van der Waals surface area contributed by atoms with Crippen molar-refractivity contribution >= 4 is 17.7 Å². The summed E-state index contributed by atoms with van der Waals surface area (Å²) in [5, 5.41) is 15.7. The van der Waals surface area contributed by atoms with Gasteiger partial charge < -0.3 is 5.11 Å². The normalized spacial score (nSPS) is 16.4. The number of nitrogens with one attached hydrogen (secondary N) is 1. The molecule has 0 aromatic carbocycles. The number of rotatable bonds is 4. The summed E-state index contributed by atoms with van der Waals surface area (Å²) in [4.78, 5) is 22.4. The molecule has 1 saturated carbocycles. The second-order valence-corrected chi connectivity index (χ2v) is 5.92. The highest BCUT2D eigenvalue weighted by Gasteiger charge is 2.34. The zero-order chi connectivity index (χ0) is 11.9. The van der Waals surface area contributed by atoms with Gasteiger partial charge in [0.1, 0.15) is 4.75 Å². The Bertz CT molecular complexity index is 473. The van der Waals surface area contributed by atoms with Gasteiger partial charge in [-0.2, -0.15) is 0 Å². The first-order valence-electron chi connectivity index (χ1n) is 5.01. The Kier molecular flexibility index (Phi) is 2.57. The van der Waals surface area contributed by atoms with Crippen molar-refractivity contribution in [3.63, 3.8) is 0 Å². The van der Waals surface area contributed by atoms with Gasteiger partial charge in [0.25, 0.3) is 0 Å². The summed E-state index contributed by atoms with van der Waals surface area (Å²) in [5.74, 6) is -0.921. The van der Waals surface area contributed by atoms with Crippen LogP contribution in [0.2, 0.25) is 0 Å². The third kappa shape index (κ3) is 1.99. The van der Waals surface area contributed by atoms with Crippen LogP contribution in [0.5, 0.6) is 0 Å². The van der Waals surface area contributed by atoms with Crippen LogP contribution in [0.1, 0.15) is 32.7 Å². The zero-order valence-corrected chi connectivity index (χ0v) is 9.87. The molecule has 1 fully saturated rings. The Morgan fingerprint density at radius 2 is 2.25 bits per heavy atom. The van der Waals surface area contributed by atoms with Gasteiger partial charge in [0.05, 0.1) is 0 Å². The number of H-pyrrole nitrogens is 1. The van der Waals surface area contributed by atoms with E-state index >= 15 is 0 Å². The van der Waals surface area contributed by atoms with E-state index in [-0.39, 0.29) is 11.7 Å². The van der Waals surface area contributed by atoms with E-state index in [1.54, 1.807) is 18.4 Å². The van der Waals surface area contributed by atoms with Gasteiger partial charge >= 0.3 is 11.7 Å². The lowest BCUT2D eigenvalue weighted by Gasteiger charge is -2.17. The number of aromatic amines is 1. The molecule has 6 nitrogen and oxygen atoms in total. The summed E-state index contributed by atoms with van der Waals surface area (Å²) in [5.41, 5.74) is -0.258. The molecule has 0 unspecified atom stereocenters. The number of carboxylic acid groups (broad SMARTS) is 1. The van der Waals surface area contributed by atoms with Gasteiger partial charge in [0.15, 0.2) is 5.16 Å². The molecule has 1 aromatic rings. The maximum atomic E-state index is 11.5. The Hall–Kier alpha value is -1.24. The number of carbonyl (C=O) groups is 1. The number of aromatic nitrogens is 3. The van der Waals surface area contributed by atoms with E-state index in [4.69, 9.17) is 5.11 Å². The molecule has 7 heteroatoms. The Labute approximate surface area is 96.0 Å². The predicted octanol–water partition coefficient (Wildman–Crippen LogP) is 0.862. The minimum absolute atomic E-state index is 0.193. The van der Waals surface area contributed by atoms with Crippen molar-refractivity contribution in [2.45, 2.75) is 42.6 Å². The van der Waals surface area contributed by atoms with Crippen molar-refractivity contribution < 1.29 is 9.90 Å². The number of carboxylic acids is 1. The van der Waals surface area contributed by atoms with Crippen LogP contribution in [0, 0.1) is 0 Å². The SMILES string of the molecule is CC(C)(Sc1n[nH]c(=O)n1C1CC1)C(=O)O. The van der Waals surface area contributed by atoms with E-state index in [2.05, 4.69) is 10.2 Å². The quantitative estimate of drug-likeness (QED) is 0.766. The summed E-state index contributed by atoms with van der Waals surface area (Å²) in [6, 6.07) is 0.193. The fourth-order valence-corrected chi connectivity index (χ4v) is 2.25. The van der Waals surface area contributed by atoms with E-state index in [1.807, 2.05) is 0 Å². The maximum Gasteiger partial charge on any atom is 0.344 e. The molecular formula is C9H13N3O3S. The van der Waals surface area contributed by atoms with Gasteiger partial charge in [0, 0.05) is 6.04 Å². The van der Waals surface area contributed by atoms with Gasteiger partial charge in [-0.3, -0.25) is 9.36 Å². The summed E-state index contributed by atoms with van der Waals surface area (Å²) < 4.78 is 0.563. The molecular weight excluding hydrogens is 230 g/mol. The summed E-state index contributed by atoms with van der Waals surface area (Å²) in [6.07, 6.45) is 1.92. The largest absolute Gasteiger partial charge is 0.480 e. The molecule has 0 atom stereocenters. The first-order chi connectivity index (χ1) is 7.42. The van der Waals surface area contributed by atoms with Crippen molar-refractivity contribution in [2.75, 3.05) is 0 Å². The second-order valence-electron chi connectivity index (χ2n) is 4.33. The van der Waals surface area contributed by atoms with Crippen molar-refractivity contribution in [3.05, 3.63) is 10.5 Å². The van der Waals surface area contributed by atoms with Gasteiger partial charge in [-0.25, -0.2) is 9.89 Å².